The number of amides is 3. The van der Waals surface area contributed by atoms with Crippen molar-refractivity contribution >= 4 is 30.0 Å². The summed E-state index contributed by atoms with van der Waals surface area (Å²) in [6.45, 7) is 17.6. The summed E-state index contributed by atoms with van der Waals surface area (Å²) in [6, 6.07) is 2.98. The Labute approximate surface area is 254 Å². The van der Waals surface area contributed by atoms with E-state index in [2.05, 4.69) is 16.0 Å². The summed E-state index contributed by atoms with van der Waals surface area (Å²) < 4.78 is 15.7. The quantitative estimate of drug-likeness (QED) is 0.185. The number of hydrogen-bond acceptors (Lipinski definition) is 8. The van der Waals surface area contributed by atoms with Crippen LogP contribution in [0.3, 0.4) is 0 Å². The van der Waals surface area contributed by atoms with Gasteiger partial charge in [0.15, 0.2) is 0 Å². The normalized spacial score (nSPS) is 13.9. The third-order valence-corrected chi connectivity index (χ3v) is 5.62. The molecule has 43 heavy (non-hydrogen) atoms. The number of rotatable bonds is 13. The van der Waals surface area contributed by atoms with Gasteiger partial charge in [-0.15, -0.1) is 0 Å². The van der Waals surface area contributed by atoms with Gasteiger partial charge in [0.1, 0.15) is 35.1 Å². The predicted molar refractivity (Wildman–Crippen MR) is 161 cm³/mol. The molecule has 0 fully saturated rings. The fourth-order valence-electron chi connectivity index (χ4n) is 3.90. The Balaban J connectivity index is 3.18. The van der Waals surface area contributed by atoms with E-state index >= 15 is 0 Å². The van der Waals surface area contributed by atoms with Gasteiger partial charge in [-0.05, 0) is 83.9 Å². The van der Waals surface area contributed by atoms with Crippen molar-refractivity contribution in [3.05, 3.63) is 29.8 Å². The number of benzene rings is 1. The number of alkyl carbamates (subject to hydrolysis) is 1. The van der Waals surface area contributed by atoms with E-state index in [4.69, 9.17) is 14.2 Å². The smallest absolute Gasteiger partial charge is 0.480 e. The Morgan fingerprint density at radius 2 is 1.16 bits per heavy atom. The van der Waals surface area contributed by atoms with Crippen LogP contribution in [0.2, 0.25) is 0 Å². The molecule has 242 valence electrons. The van der Waals surface area contributed by atoms with Gasteiger partial charge in [-0.3, -0.25) is 9.59 Å². The zero-order chi connectivity index (χ0) is 33.1. The van der Waals surface area contributed by atoms with Crippen LogP contribution in [0.1, 0.15) is 87.6 Å². The molecule has 0 radical (unpaired) electrons. The molecule has 0 saturated carbocycles. The van der Waals surface area contributed by atoms with Crippen LogP contribution < -0.4 is 20.7 Å². The molecule has 0 aromatic heterocycles. The van der Waals surface area contributed by atoms with Gasteiger partial charge in [0, 0.05) is 6.42 Å². The van der Waals surface area contributed by atoms with Gasteiger partial charge in [-0.2, -0.15) is 0 Å². The summed E-state index contributed by atoms with van der Waals surface area (Å²) in [4.78, 5) is 63.0. The van der Waals surface area contributed by atoms with Crippen LogP contribution in [-0.2, 0) is 30.3 Å². The Morgan fingerprint density at radius 3 is 1.63 bits per heavy atom. The molecule has 0 aliphatic heterocycles. The fraction of sp³-hybridized carbons (Fsp3) is 0.645. The summed E-state index contributed by atoms with van der Waals surface area (Å²) >= 11 is 0. The maximum Gasteiger partial charge on any atom is 0.514 e. The molecular formula is C31H49N3O9. The minimum absolute atomic E-state index is 0.0128. The highest BCUT2D eigenvalue weighted by molar-refractivity contribution is 5.93. The highest BCUT2D eigenvalue weighted by Crippen LogP contribution is 2.17. The van der Waals surface area contributed by atoms with E-state index in [1.807, 2.05) is 27.7 Å². The highest BCUT2D eigenvalue weighted by Gasteiger charge is 2.31. The maximum atomic E-state index is 13.5. The summed E-state index contributed by atoms with van der Waals surface area (Å²) in [7, 11) is 0. The van der Waals surface area contributed by atoms with Crippen molar-refractivity contribution < 1.29 is 43.3 Å². The van der Waals surface area contributed by atoms with Crippen molar-refractivity contribution in [1.82, 2.24) is 16.0 Å². The fourth-order valence-corrected chi connectivity index (χ4v) is 3.90. The lowest BCUT2D eigenvalue weighted by Gasteiger charge is -2.27. The van der Waals surface area contributed by atoms with Crippen molar-refractivity contribution in [2.24, 2.45) is 11.8 Å². The number of aliphatic carboxylic acids is 1. The lowest BCUT2D eigenvalue weighted by atomic mass is 9.99. The number of carbonyl (C=O) groups excluding carboxylic acids is 4. The van der Waals surface area contributed by atoms with Crippen LogP contribution in [0, 0.1) is 11.8 Å². The van der Waals surface area contributed by atoms with Gasteiger partial charge in [0.25, 0.3) is 0 Å². The third kappa shape index (κ3) is 15.8. The van der Waals surface area contributed by atoms with E-state index in [1.165, 1.54) is 12.1 Å². The second-order valence-corrected chi connectivity index (χ2v) is 13.3. The van der Waals surface area contributed by atoms with E-state index in [1.54, 1.807) is 53.7 Å². The van der Waals surface area contributed by atoms with E-state index in [0.717, 1.165) is 0 Å². The first-order valence-electron chi connectivity index (χ1n) is 14.5. The third-order valence-electron chi connectivity index (χ3n) is 5.62. The number of hydrogen-bond donors (Lipinski definition) is 4. The summed E-state index contributed by atoms with van der Waals surface area (Å²) in [5, 5.41) is 17.4. The molecule has 0 saturated heterocycles. The monoisotopic (exact) mass is 607 g/mol. The molecule has 1 aromatic rings. The predicted octanol–water partition coefficient (Wildman–Crippen LogP) is 4.58. The van der Waals surface area contributed by atoms with Gasteiger partial charge in [-0.25, -0.2) is 14.4 Å². The summed E-state index contributed by atoms with van der Waals surface area (Å²) in [5.41, 5.74) is -0.938. The van der Waals surface area contributed by atoms with Crippen LogP contribution in [-0.4, -0.2) is 64.5 Å². The van der Waals surface area contributed by atoms with Crippen LogP contribution in [0.5, 0.6) is 5.75 Å². The Hall–Kier alpha value is -3.83. The number of carboxylic acids is 1. The van der Waals surface area contributed by atoms with Gasteiger partial charge in [-0.1, -0.05) is 39.8 Å². The molecule has 4 N–H and O–H groups in total. The first kappa shape index (κ1) is 37.2. The molecular weight excluding hydrogens is 558 g/mol. The first-order valence-corrected chi connectivity index (χ1v) is 14.5. The average molecular weight is 608 g/mol. The van der Waals surface area contributed by atoms with Crippen molar-refractivity contribution in [1.29, 1.82) is 0 Å². The minimum atomic E-state index is -1.17. The van der Waals surface area contributed by atoms with E-state index < -0.39 is 59.4 Å². The number of nitrogens with one attached hydrogen (secondary N) is 3. The van der Waals surface area contributed by atoms with Crippen molar-refractivity contribution in [2.75, 3.05) is 0 Å². The van der Waals surface area contributed by atoms with Gasteiger partial charge >= 0.3 is 18.2 Å². The second-order valence-electron chi connectivity index (χ2n) is 13.3. The van der Waals surface area contributed by atoms with Gasteiger partial charge < -0.3 is 35.3 Å². The van der Waals surface area contributed by atoms with E-state index in [0.29, 0.717) is 5.56 Å². The standard InChI is InChI=1S/C31H49N3O9/c1-18(2)15-22(25(35)33-24(27(37)38)16-19(3)4)32-26(36)23(34-28(39)42-30(5,6)7)17-20-11-13-21(14-12-20)41-29(40)43-31(8,9)10/h11-14,18-19,22-24H,15-17H2,1-10H3,(H,32,36)(H,33,35)(H,34,39)(H,37,38). The average Bonchev–Trinajstić information content (AvgIpc) is 2.80. The zero-order valence-corrected chi connectivity index (χ0v) is 27.0. The molecule has 0 spiro atoms. The minimum Gasteiger partial charge on any atom is -0.480 e. The van der Waals surface area contributed by atoms with Gasteiger partial charge in [0.2, 0.25) is 11.8 Å². The lowest BCUT2D eigenvalue weighted by molar-refractivity contribution is -0.142. The SMILES string of the molecule is CC(C)CC(NC(=O)C(CC(C)C)NC(=O)C(Cc1ccc(OC(=O)OC(C)(C)C)cc1)NC(=O)OC(C)(C)C)C(=O)O. The molecule has 12 heteroatoms. The topological polar surface area (TPSA) is 169 Å². The van der Waals surface area contributed by atoms with Gasteiger partial charge in [0.05, 0.1) is 0 Å². The summed E-state index contributed by atoms with van der Waals surface area (Å²) in [6.07, 6.45) is -1.22. The maximum absolute atomic E-state index is 13.5. The number of ether oxygens (including phenoxy) is 3. The van der Waals surface area contributed by atoms with Crippen LogP contribution in [0.15, 0.2) is 24.3 Å². The van der Waals surface area contributed by atoms with Crippen molar-refractivity contribution in [3.63, 3.8) is 0 Å². The molecule has 1 rings (SSSR count). The number of carboxylic acid groups (broad SMARTS) is 1. The largest absolute Gasteiger partial charge is 0.514 e. The molecule has 0 heterocycles. The van der Waals surface area contributed by atoms with Crippen molar-refractivity contribution in [2.45, 2.75) is 118 Å². The Kier molecular flexibility index (Phi) is 14.0. The van der Waals surface area contributed by atoms with Crippen LogP contribution in [0.25, 0.3) is 0 Å². The summed E-state index contributed by atoms with van der Waals surface area (Å²) in [5.74, 6) is -2.23. The van der Waals surface area contributed by atoms with E-state index in [-0.39, 0.29) is 36.8 Å². The first-order chi connectivity index (χ1) is 19.6. The molecule has 12 nitrogen and oxygen atoms in total. The van der Waals surface area contributed by atoms with Crippen LogP contribution in [0.4, 0.5) is 9.59 Å². The van der Waals surface area contributed by atoms with Crippen LogP contribution >= 0.6 is 0 Å². The molecule has 3 amide bonds. The molecule has 3 atom stereocenters. The Morgan fingerprint density at radius 1 is 0.698 bits per heavy atom. The molecule has 1 aromatic carbocycles. The Bertz CT molecular complexity index is 1100. The molecule has 0 aliphatic rings. The van der Waals surface area contributed by atoms with E-state index in [9.17, 15) is 29.1 Å². The molecule has 0 bridgehead atoms. The molecule has 0 aliphatic carbocycles. The zero-order valence-electron chi connectivity index (χ0n) is 27.0. The second kappa shape index (κ2) is 16.1. The lowest BCUT2D eigenvalue weighted by Crippen LogP contribution is -2.57. The highest BCUT2D eigenvalue weighted by atomic mass is 16.7. The number of carbonyl (C=O) groups is 5. The van der Waals surface area contributed by atoms with Crippen molar-refractivity contribution in [3.8, 4) is 5.75 Å². The molecule has 3 unspecified atom stereocenters.